The summed E-state index contributed by atoms with van der Waals surface area (Å²) in [5, 5.41) is 0.732. The van der Waals surface area contributed by atoms with Crippen molar-refractivity contribution in [3.8, 4) is 0 Å². The lowest BCUT2D eigenvalue weighted by atomic mass is 10.3. The number of sulfonamides is 1. The summed E-state index contributed by atoms with van der Waals surface area (Å²) < 4.78 is 27.4. The molecule has 1 aliphatic rings. The van der Waals surface area contributed by atoms with Crippen LogP contribution in [-0.2, 0) is 10.0 Å². The zero-order valence-corrected chi connectivity index (χ0v) is 14.0. The van der Waals surface area contributed by atoms with Crippen LogP contribution in [0.5, 0.6) is 0 Å². The third kappa shape index (κ3) is 3.36. The molecule has 0 saturated heterocycles. The highest BCUT2D eigenvalue weighted by molar-refractivity contribution is 7.99. The number of halogens is 2. The van der Waals surface area contributed by atoms with Crippen LogP contribution in [0, 0.1) is 0 Å². The van der Waals surface area contributed by atoms with Crippen LogP contribution in [0.25, 0.3) is 0 Å². The molecule has 0 heterocycles. The SMILES string of the molecule is CSC1CCC(NS(=O)(=O)c2ccc(Cl)c(N)c2Cl)C1. The Bertz CT molecular complexity index is 608. The first kappa shape index (κ1) is 16.2. The Balaban J connectivity index is 2.21. The van der Waals surface area contributed by atoms with Gasteiger partial charge in [0.15, 0.2) is 0 Å². The third-order valence-electron chi connectivity index (χ3n) is 3.42. The maximum atomic E-state index is 12.4. The van der Waals surface area contributed by atoms with Gasteiger partial charge in [-0.3, -0.25) is 0 Å². The monoisotopic (exact) mass is 354 g/mol. The molecule has 2 unspecified atom stereocenters. The Morgan fingerprint density at radius 3 is 2.65 bits per heavy atom. The maximum Gasteiger partial charge on any atom is 0.242 e. The van der Waals surface area contributed by atoms with Crippen LogP contribution in [0.15, 0.2) is 17.0 Å². The molecule has 2 rings (SSSR count). The van der Waals surface area contributed by atoms with Crippen molar-refractivity contribution in [2.45, 2.75) is 35.4 Å². The van der Waals surface area contributed by atoms with Gasteiger partial charge in [-0.05, 0) is 37.7 Å². The molecule has 0 aromatic heterocycles. The molecule has 1 fully saturated rings. The van der Waals surface area contributed by atoms with Crippen LogP contribution in [-0.4, -0.2) is 26.0 Å². The van der Waals surface area contributed by atoms with Gasteiger partial charge in [0.2, 0.25) is 10.0 Å². The van der Waals surface area contributed by atoms with Crippen molar-refractivity contribution in [3.05, 3.63) is 22.2 Å². The first-order chi connectivity index (χ1) is 9.35. The van der Waals surface area contributed by atoms with Crippen LogP contribution in [0.2, 0.25) is 10.0 Å². The van der Waals surface area contributed by atoms with E-state index in [1.165, 1.54) is 12.1 Å². The van der Waals surface area contributed by atoms with E-state index in [9.17, 15) is 8.42 Å². The summed E-state index contributed by atoms with van der Waals surface area (Å²) in [4.78, 5) is -0.0198. The Kier molecular flexibility index (Phi) is 5.13. The standard InChI is InChI=1S/C12H16Cl2N2O2S2/c1-19-8-3-2-7(6-8)16-20(17,18)10-5-4-9(13)12(15)11(10)14/h4-5,7-8,16H,2-3,6,15H2,1H3. The number of nitrogens with two attached hydrogens (primary N) is 1. The average Bonchev–Trinajstić information content (AvgIpc) is 2.82. The Hall–Kier alpha value is -0.140. The summed E-state index contributed by atoms with van der Waals surface area (Å²) in [6, 6.07) is 2.77. The lowest BCUT2D eigenvalue weighted by Crippen LogP contribution is -2.33. The van der Waals surface area contributed by atoms with Crippen molar-refractivity contribution in [3.63, 3.8) is 0 Å². The molecule has 0 amide bonds. The molecule has 0 bridgehead atoms. The summed E-state index contributed by atoms with van der Waals surface area (Å²) in [5.41, 5.74) is 5.76. The van der Waals surface area contributed by atoms with Gasteiger partial charge in [-0.25, -0.2) is 13.1 Å². The van der Waals surface area contributed by atoms with E-state index in [2.05, 4.69) is 4.72 Å². The van der Waals surface area contributed by atoms with Gasteiger partial charge in [-0.15, -0.1) is 0 Å². The zero-order chi connectivity index (χ0) is 14.9. The fourth-order valence-corrected chi connectivity index (χ4v) is 5.15. The van der Waals surface area contributed by atoms with E-state index in [0.717, 1.165) is 19.3 Å². The predicted molar refractivity (Wildman–Crippen MR) is 86.1 cm³/mol. The minimum absolute atomic E-state index is 0.0198. The van der Waals surface area contributed by atoms with Gasteiger partial charge >= 0.3 is 0 Å². The Labute approximate surface area is 133 Å². The van der Waals surface area contributed by atoms with Crippen molar-refractivity contribution in [2.75, 3.05) is 12.0 Å². The zero-order valence-electron chi connectivity index (χ0n) is 10.9. The highest BCUT2D eigenvalue weighted by Crippen LogP contribution is 2.34. The lowest BCUT2D eigenvalue weighted by molar-refractivity contribution is 0.552. The Morgan fingerprint density at radius 1 is 1.35 bits per heavy atom. The van der Waals surface area contributed by atoms with Gasteiger partial charge < -0.3 is 5.73 Å². The number of nitrogens with one attached hydrogen (secondary N) is 1. The van der Waals surface area contributed by atoms with E-state index >= 15 is 0 Å². The van der Waals surface area contributed by atoms with Crippen LogP contribution in [0.1, 0.15) is 19.3 Å². The number of hydrogen-bond acceptors (Lipinski definition) is 4. The molecule has 1 aliphatic carbocycles. The summed E-state index contributed by atoms with van der Waals surface area (Å²) in [6.45, 7) is 0. The van der Waals surface area contributed by atoms with Gasteiger partial charge in [0, 0.05) is 11.3 Å². The fraction of sp³-hybridized carbons (Fsp3) is 0.500. The molecule has 0 radical (unpaired) electrons. The number of rotatable bonds is 4. The highest BCUT2D eigenvalue weighted by atomic mass is 35.5. The van der Waals surface area contributed by atoms with Gasteiger partial charge in [0.1, 0.15) is 4.90 Å². The molecule has 1 saturated carbocycles. The molecule has 112 valence electrons. The van der Waals surface area contributed by atoms with Gasteiger partial charge in [0.05, 0.1) is 15.7 Å². The molecule has 8 heteroatoms. The third-order valence-corrected chi connectivity index (χ3v) is 6.93. The minimum atomic E-state index is -3.68. The first-order valence-electron chi connectivity index (χ1n) is 6.13. The molecule has 2 atom stereocenters. The topological polar surface area (TPSA) is 72.2 Å². The molecule has 1 aromatic carbocycles. The minimum Gasteiger partial charge on any atom is -0.396 e. The highest BCUT2D eigenvalue weighted by Gasteiger charge is 2.29. The smallest absolute Gasteiger partial charge is 0.242 e. The summed E-state index contributed by atoms with van der Waals surface area (Å²) in [6.07, 6.45) is 4.73. The van der Waals surface area contributed by atoms with E-state index in [0.29, 0.717) is 5.25 Å². The van der Waals surface area contributed by atoms with Crippen LogP contribution in [0.4, 0.5) is 5.69 Å². The molecule has 1 aromatic rings. The number of benzene rings is 1. The number of thioether (sulfide) groups is 1. The molecule has 20 heavy (non-hydrogen) atoms. The van der Waals surface area contributed by atoms with E-state index in [1.807, 2.05) is 6.26 Å². The van der Waals surface area contributed by atoms with Crippen molar-refractivity contribution >= 4 is 50.7 Å². The second kappa shape index (κ2) is 6.32. The van der Waals surface area contributed by atoms with Crippen LogP contribution in [0.3, 0.4) is 0 Å². The summed E-state index contributed by atoms with van der Waals surface area (Å²) in [7, 11) is -3.68. The van der Waals surface area contributed by atoms with Crippen LogP contribution >= 0.6 is 35.0 Å². The predicted octanol–water partition coefficient (Wildman–Crippen LogP) is 3.14. The number of hydrogen-bond donors (Lipinski definition) is 2. The molecule has 3 N–H and O–H groups in total. The van der Waals surface area contributed by atoms with Gasteiger partial charge in [0.25, 0.3) is 0 Å². The molecular weight excluding hydrogens is 339 g/mol. The summed E-state index contributed by atoms with van der Waals surface area (Å²) in [5.74, 6) is 0. The molecular formula is C12H16Cl2N2O2S2. The average molecular weight is 355 g/mol. The first-order valence-corrected chi connectivity index (χ1v) is 9.66. The maximum absolute atomic E-state index is 12.4. The molecule has 0 spiro atoms. The largest absolute Gasteiger partial charge is 0.396 e. The van der Waals surface area contributed by atoms with Crippen molar-refractivity contribution < 1.29 is 8.42 Å². The molecule has 4 nitrogen and oxygen atoms in total. The van der Waals surface area contributed by atoms with E-state index in [-0.39, 0.29) is 26.7 Å². The number of anilines is 1. The van der Waals surface area contributed by atoms with E-state index in [1.54, 1.807) is 11.8 Å². The second-order valence-electron chi connectivity index (χ2n) is 4.76. The van der Waals surface area contributed by atoms with Crippen LogP contribution < -0.4 is 10.5 Å². The summed E-state index contributed by atoms with van der Waals surface area (Å²) >= 11 is 13.6. The fourth-order valence-electron chi connectivity index (χ4n) is 2.30. The van der Waals surface area contributed by atoms with Gasteiger partial charge in [-0.2, -0.15) is 11.8 Å². The van der Waals surface area contributed by atoms with E-state index in [4.69, 9.17) is 28.9 Å². The van der Waals surface area contributed by atoms with E-state index < -0.39 is 10.0 Å². The van der Waals surface area contributed by atoms with Crippen molar-refractivity contribution in [2.24, 2.45) is 0 Å². The van der Waals surface area contributed by atoms with Crippen molar-refractivity contribution in [1.29, 1.82) is 0 Å². The molecule has 0 aliphatic heterocycles. The quantitative estimate of drug-likeness (QED) is 0.814. The van der Waals surface area contributed by atoms with Gasteiger partial charge in [-0.1, -0.05) is 23.2 Å². The van der Waals surface area contributed by atoms with Crippen molar-refractivity contribution in [1.82, 2.24) is 4.72 Å². The number of nitrogen functional groups attached to an aromatic ring is 1. The lowest BCUT2D eigenvalue weighted by Gasteiger charge is -2.15. The second-order valence-corrected chi connectivity index (χ2v) is 8.37. The Morgan fingerprint density at radius 2 is 2.05 bits per heavy atom. The normalized spacial score (nSPS) is 23.1.